The van der Waals surface area contributed by atoms with E-state index in [1.165, 1.54) is 5.56 Å². The molecule has 31 heavy (non-hydrogen) atoms. The maximum Gasteiger partial charge on any atom is 0.267 e. The Balaban J connectivity index is 1.65. The van der Waals surface area contributed by atoms with Crippen molar-refractivity contribution in [2.24, 2.45) is 0 Å². The third-order valence-corrected chi connectivity index (χ3v) is 5.73. The van der Waals surface area contributed by atoms with E-state index in [1.807, 2.05) is 67.6 Å². The van der Waals surface area contributed by atoms with E-state index in [4.69, 9.17) is 25.7 Å². The van der Waals surface area contributed by atoms with Gasteiger partial charge in [0, 0.05) is 28.3 Å². The molecule has 5 heteroatoms. The van der Waals surface area contributed by atoms with Crippen LogP contribution in [-0.4, -0.2) is 9.97 Å². The van der Waals surface area contributed by atoms with Gasteiger partial charge in [0.2, 0.25) is 5.58 Å². The highest BCUT2D eigenvalue weighted by Crippen LogP contribution is 2.39. The number of hydrogen-bond donors (Lipinski definition) is 0. The molecule has 3 aromatic carbocycles. The number of para-hydroxylation sites is 1. The zero-order chi connectivity index (χ0) is 21.4. The van der Waals surface area contributed by atoms with Crippen molar-refractivity contribution >= 4 is 33.7 Å². The lowest BCUT2D eigenvalue weighted by Crippen LogP contribution is -2.02. The third kappa shape index (κ3) is 3.64. The Morgan fingerprint density at radius 3 is 2.55 bits per heavy atom. The lowest BCUT2D eigenvalue weighted by atomic mass is 9.92. The van der Waals surface area contributed by atoms with Crippen molar-refractivity contribution in [1.82, 2.24) is 9.97 Å². The molecule has 1 atom stereocenters. The molecule has 154 valence electrons. The summed E-state index contributed by atoms with van der Waals surface area (Å²) >= 11 is 6.35. The van der Waals surface area contributed by atoms with Crippen LogP contribution >= 0.6 is 11.6 Å². The number of fused-ring (bicyclic) bond motifs is 3. The van der Waals surface area contributed by atoms with Crippen molar-refractivity contribution < 1.29 is 9.15 Å². The maximum atomic E-state index is 6.39. The summed E-state index contributed by atoms with van der Waals surface area (Å²) in [7, 11) is 0. The molecule has 2 aromatic heterocycles. The summed E-state index contributed by atoms with van der Waals surface area (Å²) in [5.74, 6) is 1.92. The average Bonchev–Trinajstić information content (AvgIpc) is 3.19. The second kappa shape index (κ2) is 8.05. The molecule has 5 rings (SSSR count). The van der Waals surface area contributed by atoms with Crippen LogP contribution in [0.15, 0.2) is 77.2 Å². The van der Waals surface area contributed by atoms with E-state index < -0.39 is 0 Å². The van der Waals surface area contributed by atoms with E-state index in [1.54, 1.807) is 0 Å². The van der Waals surface area contributed by atoms with Crippen LogP contribution in [0.5, 0.6) is 11.6 Å². The van der Waals surface area contributed by atoms with Gasteiger partial charge in [0.1, 0.15) is 22.7 Å². The number of aromatic nitrogens is 2. The van der Waals surface area contributed by atoms with Crippen LogP contribution in [0.4, 0.5) is 0 Å². The van der Waals surface area contributed by atoms with Gasteiger partial charge in [-0.2, -0.15) is 4.98 Å². The first-order chi connectivity index (χ1) is 15.1. The molecular formula is C26H21ClN2O2. The molecule has 0 aliphatic heterocycles. The van der Waals surface area contributed by atoms with Gasteiger partial charge in [-0.05, 0) is 35.9 Å². The van der Waals surface area contributed by atoms with Gasteiger partial charge in [0.15, 0.2) is 0 Å². The Hall–Kier alpha value is -3.37. The van der Waals surface area contributed by atoms with Gasteiger partial charge in [-0.25, -0.2) is 4.98 Å². The fourth-order valence-corrected chi connectivity index (χ4v) is 3.99. The number of halogens is 1. The van der Waals surface area contributed by atoms with Gasteiger partial charge < -0.3 is 9.15 Å². The minimum absolute atomic E-state index is 0.0912. The molecule has 4 nitrogen and oxygen atoms in total. The van der Waals surface area contributed by atoms with Crippen molar-refractivity contribution in [2.45, 2.75) is 26.2 Å². The van der Waals surface area contributed by atoms with Crippen molar-refractivity contribution in [3.8, 4) is 11.6 Å². The second-order valence-electron chi connectivity index (χ2n) is 7.49. The smallest absolute Gasteiger partial charge is 0.267 e. The number of hydrogen-bond acceptors (Lipinski definition) is 4. The second-order valence-corrected chi connectivity index (χ2v) is 7.93. The number of aryl methyl sites for hydroxylation is 1. The Kier molecular flexibility index (Phi) is 5.08. The summed E-state index contributed by atoms with van der Waals surface area (Å²) in [5.41, 5.74) is 4.25. The molecule has 0 radical (unpaired) electrons. The van der Waals surface area contributed by atoms with Crippen LogP contribution in [0.1, 0.15) is 36.7 Å². The van der Waals surface area contributed by atoms with E-state index in [0.29, 0.717) is 34.5 Å². The Bertz CT molecular complexity index is 1380. The van der Waals surface area contributed by atoms with Crippen LogP contribution in [0.3, 0.4) is 0 Å². The van der Waals surface area contributed by atoms with Gasteiger partial charge in [0.05, 0.1) is 0 Å². The largest absolute Gasteiger partial charge is 0.449 e. The summed E-state index contributed by atoms with van der Waals surface area (Å²) in [4.78, 5) is 9.34. The summed E-state index contributed by atoms with van der Waals surface area (Å²) in [6.45, 7) is 4.17. The van der Waals surface area contributed by atoms with Gasteiger partial charge in [-0.15, -0.1) is 0 Å². The monoisotopic (exact) mass is 428 g/mol. The Morgan fingerprint density at radius 1 is 0.968 bits per heavy atom. The van der Waals surface area contributed by atoms with Crippen molar-refractivity contribution in [2.75, 3.05) is 0 Å². The van der Waals surface area contributed by atoms with Crippen LogP contribution < -0.4 is 4.74 Å². The number of benzene rings is 3. The molecule has 0 spiro atoms. The first kappa shape index (κ1) is 19.6. The van der Waals surface area contributed by atoms with Crippen LogP contribution in [0.25, 0.3) is 22.1 Å². The fourth-order valence-electron chi connectivity index (χ4n) is 3.81. The van der Waals surface area contributed by atoms with Crippen LogP contribution in [-0.2, 0) is 6.42 Å². The number of furan rings is 1. The van der Waals surface area contributed by atoms with Crippen molar-refractivity contribution in [1.29, 1.82) is 0 Å². The van der Waals surface area contributed by atoms with E-state index in [2.05, 4.69) is 24.0 Å². The minimum atomic E-state index is 0.0912. The SMILES string of the molecule is CCc1nc(Oc2ccc(Cl)cc2C(C)c2ccccc2)c2oc3ccccc3c2n1. The van der Waals surface area contributed by atoms with Crippen molar-refractivity contribution in [3.63, 3.8) is 0 Å². The molecule has 0 aliphatic rings. The Labute approximate surface area is 185 Å². The first-order valence-electron chi connectivity index (χ1n) is 10.3. The summed E-state index contributed by atoms with van der Waals surface area (Å²) in [6.07, 6.45) is 0.694. The van der Waals surface area contributed by atoms with Gasteiger partial charge in [0.25, 0.3) is 5.88 Å². The zero-order valence-corrected chi connectivity index (χ0v) is 18.1. The molecule has 0 bridgehead atoms. The highest BCUT2D eigenvalue weighted by Gasteiger charge is 2.20. The topological polar surface area (TPSA) is 48.2 Å². The standard InChI is InChI=1S/C26H21ClN2O2/c1-3-23-28-24-19-11-7-8-12-21(19)30-25(24)26(29-23)31-22-14-13-18(27)15-20(22)16(2)17-9-5-4-6-10-17/h4-16H,3H2,1-2H3. The van der Waals surface area contributed by atoms with Crippen molar-refractivity contribution in [3.05, 3.63) is 94.8 Å². The van der Waals surface area contributed by atoms with E-state index in [-0.39, 0.29) is 5.92 Å². The predicted octanol–water partition coefficient (Wildman–Crippen LogP) is 7.54. The lowest BCUT2D eigenvalue weighted by molar-refractivity contribution is 0.447. The van der Waals surface area contributed by atoms with Gasteiger partial charge >= 0.3 is 0 Å². The number of ether oxygens (including phenoxy) is 1. The molecule has 0 N–H and O–H groups in total. The summed E-state index contributed by atoms with van der Waals surface area (Å²) in [5, 5.41) is 1.62. The third-order valence-electron chi connectivity index (χ3n) is 5.50. The minimum Gasteiger partial charge on any atom is -0.449 e. The first-order valence-corrected chi connectivity index (χ1v) is 10.7. The van der Waals surface area contributed by atoms with Gasteiger partial charge in [-0.3, -0.25) is 0 Å². The highest BCUT2D eigenvalue weighted by atomic mass is 35.5. The van der Waals surface area contributed by atoms with E-state index >= 15 is 0 Å². The maximum absolute atomic E-state index is 6.39. The molecule has 0 amide bonds. The van der Waals surface area contributed by atoms with E-state index in [0.717, 1.165) is 22.0 Å². The molecule has 0 saturated heterocycles. The molecule has 0 fully saturated rings. The Morgan fingerprint density at radius 2 is 1.74 bits per heavy atom. The zero-order valence-electron chi connectivity index (χ0n) is 17.3. The predicted molar refractivity (Wildman–Crippen MR) is 124 cm³/mol. The fraction of sp³-hybridized carbons (Fsp3) is 0.154. The number of rotatable bonds is 5. The quantitative estimate of drug-likeness (QED) is 0.290. The van der Waals surface area contributed by atoms with Crippen LogP contribution in [0, 0.1) is 0 Å². The number of nitrogens with zero attached hydrogens (tertiary/aromatic N) is 2. The van der Waals surface area contributed by atoms with Crippen LogP contribution in [0.2, 0.25) is 5.02 Å². The molecular weight excluding hydrogens is 408 g/mol. The summed E-state index contributed by atoms with van der Waals surface area (Å²) in [6, 6.07) is 23.8. The summed E-state index contributed by atoms with van der Waals surface area (Å²) < 4.78 is 12.5. The molecule has 1 unspecified atom stereocenters. The lowest BCUT2D eigenvalue weighted by Gasteiger charge is -2.17. The normalized spacial score (nSPS) is 12.4. The highest BCUT2D eigenvalue weighted by molar-refractivity contribution is 6.30. The molecule has 2 heterocycles. The van der Waals surface area contributed by atoms with Gasteiger partial charge in [-0.1, -0.05) is 67.9 Å². The average molecular weight is 429 g/mol. The van der Waals surface area contributed by atoms with E-state index in [9.17, 15) is 0 Å². The molecule has 0 aliphatic carbocycles. The molecule has 0 saturated carbocycles. The molecule has 5 aromatic rings.